The fourth-order valence-electron chi connectivity index (χ4n) is 3.02. The highest BCUT2D eigenvalue weighted by Gasteiger charge is 2.31. The van der Waals surface area contributed by atoms with Crippen molar-refractivity contribution in [3.63, 3.8) is 0 Å². The van der Waals surface area contributed by atoms with E-state index in [0.717, 1.165) is 25.2 Å². The number of primary amides is 1. The molecule has 0 aromatic carbocycles. The summed E-state index contributed by atoms with van der Waals surface area (Å²) in [6.45, 7) is 5.52. The van der Waals surface area contributed by atoms with Crippen LogP contribution in [0.4, 0.5) is 5.82 Å². The summed E-state index contributed by atoms with van der Waals surface area (Å²) in [6, 6.07) is 0.247. The zero-order valence-corrected chi connectivity index (χ0v) is 11.9. The molecule has 0 aliphatic carbocycles. The Labute approximate surface area is 113 Å². The van der Waals surface area contributed by atoms with Crippen LogP contribution in [0.5, 0.6) is 0 Å². The second kappa shape index (κ2) is 5.21. The number of carbonyl (C=O) groups is 1. The third-order valence-corrected chi connectivity index (χ3v) is 3.96. The largest absolute Gasteiger partial charge is 0.365 e. The van der Waals surface area contributed by atoms with E-state index in [4.69, 9.17) is 11.5 Å². The zero-order valence-electron chi connectivity index (χ0n) is 11.9. The van der Waals surface area contributed by atoms with Gasteiger partial charge in [0.25, 0.3) is 5.91 Å². The zero-order chi connectivity index (χ0) is 14.2. The number of carbonyl (C=O) groups excluding carboxylic acids is 1. The predicted molar refractivity (Wildman–Crippen MR) is 75.0 cm³/mol. The van der Waals surface area contributed by atoms with Gasteiger partial charge in [-0.05, 0) is 25.7 Å². The number of nitrogens with zero attached hydrogens (tertiary/aromatic N) is 3. The third kappa shape index (κ3) is 2.45. The Hall–Kier alpha value is -1.56. The molecule has 19 heavy (non-hydrogen) atoms. The van der Waals surface area contributed by atoms with Crippen molar-refractivity contribution in [1.29, 1.82) is 0 Å². The van der Waals surface area contributed by atoms with Gasteiger partial charge in [-0.15, -0.1) is 0 Å². The minimum atomic E-state index is -0.421. The van der Waals surface area contributed by atoms with Crippen LogP contribution >= 0.6 is 0 Å². The van der Waals surface area contributed by atoms with Crippen molar-refractivity contribution in [2.75, 3.05) is 18.0 Å². The number of amides is 1. The highest BCUT2D eigenvalue weighted by atomic mass is 16.1. The first-order valence-corrected chi connectivity index (χ1v) is 6.75. The Morgan fingerprint density at radius 1 is 1.53 bits per heavy atom. The lowest BCUT2D eigenvalue weighted by molar-refractivity contribution is 0.1000. The normalized spacial score (nSPS) is 23.7. The molecule has 0 radical (unpaired) electrons. The Morgan fingerprint density at radius 3 is 2.79 bits per heavy atom. The lowest BCUT2D eigenvalue weighted by Gasteiger charge is -2.39. The average molecular weight is 265 g/mol. The quantitative estimate of drug-likeness (QED) is 0.827. The second-order valence-electron chi connectivity index (χ2n) is 5.48. The van der Waals surface area contributed by atoms with Gasteiger partial charge in [-0.25, -0.2) is 0 Å². The molecule has 6 heteroatoms. The standard InChI is InChI=1S/C13H23N5O/c1-8-4-5-18(10(6-8)7-14)13-11(12(15)19)9(2)16-17(13)3/h8,10H,4-7,14H2,1-3H3,(H2,15,19). The molecule has 2 heterocycles. The molecule has 1 fully saturated rings. The van der Waals surface area contributed by atoms with Gasteiger partial charge in [-0.3, -0.25) is 9.48 Å². The minimum Gasteiger partial charge on any atom is -0.365 e. The SMILES string of the molecule is Cc1nn(C)c(N2CCC(C)CC2CN)c1C(N)=O. The summed E-state index contributed by atoms with van der Waals surface area (Å²) < 4.78 is 1.74. The molecule has 0 bridgehead atoms. The van der Waals surface area contributed by atoms with Gasteiger partial charge in [0.05, 0.1) is 5.69 Å². The van der Waals surface area contributed by atoms with Crippen LogP contribution in [0.1, 0.15) is 35.8 Å². The molecule has 2 atom stereocenters. The molecule has 4 N–H and O–H groups in total. The van der Waals surface area contributed by atoms with Gasteiger partial charge in [-0.2, -0.15) is 5.10 Å². The van der Waals surface area contributed by atoms with E-state index in [2.05, 4.69) is 16.9 Å². The van der Waals surface area contributed by atoms with Crippen molar-refractivity contribution < 1.29 is 4.79 Å². The molecule has 0 saturated carbocycles. The molecular formula is C13H23N5O. The lowest BCUT2D eigenvalue weighted by atomic mass is 9.92. The van der Waals surface area contributed by atoms with Crippen molar-refractivity contribution in [3.8, 4) is 0 Å². The summed E-state index contributed by atoms with van der Waals surface area (Å²) in [5, 5.41) is 4.33. The average Bonchev–Trinajstić information content (AvgIpc) is 2.64. The van der Waals surface area contributed by atoms with Gasteiger partial charge < -0.3 is 16.4 Å². The predicted octanol–water partition coefficient (Wildman–Crippen LogP) is 0.391. The number of aryl methyl sites for hydroxylation is 2. The highest BCUT2D eigenvalue weighted by molar-refractivity contribution is 5.99. The van der Waals surface area contributed by atoms with Crippen LogP contribution in [-0.2, 0) is 7.05 Å². The molecule has 2 rings (SSSR count). The van der Waals surface area contributed by atoms with E-state index in [-0.39, 0.29) is 6.04 Å². The summed E-state index contributed by atoms with van der Waals surface area (Å²) in [5.41, 5.74) is 12.6. The summed E-state index contributed by atoms with van der Waals surface area (Å²) in [7, 11) is 1.85. The Balaban J connectivity index is 2.43. The monoisotopic (exact) mass is 265 g/mol. The van der Waals surface area contributed by atoms with Crippen molar-refractivity contribution in [2.24, 2.45) is 24.4 Å². The van der Waals surface area contributed by atoms with Crippen LogP contribution in [0.3, 0.4) is 0 Å². The van der Waals surface area contributed by atoms with E-state index in [9.17, 15) is 4.79 Å². The molecule has 2 unspecified atom stereocenters. The molecule has 1 saturated heterocycles. The van der Waals surface area contributed by atoms with Crippen molar-refractivity contribution >= 4 is 11.7 Å². The van der Waals surface area contributed by atoms with E-state index >= 15 is 0 Å². The lowest BCUT2D eigenvalue weighted by Crippen LogP contribution is -2.47. The van der Waals surface area contributed by atoms with Gasteiger partial charge in [0, 0.05) is 26.2 Å². The maximum absolute atomic E-state index is 11.7. The number of piperidine rings is 1. The van der Waals surface area contributed by atoms with E-state index < -0.39 is 5.91 Å². The van der Waals surface area contributed by atoms with E-state index in [1.165, 1.54) is 0 Å². The molecule has 1 aromatic heterocycles. The molecule has 106 valence electrons. The minimum absolute atomic E-state index is 0.247. The Morgan fingerprint density at radius 2 is 2.21 bits per heavy atom. The second-order valence-corrected chi connectivity index (χ2v) is 5.48. The van der Waals surface area contributed by atoms with Crippen LogP contribution in [0.15, 0.2) is 0 Å². The number of aromatic nitrogens is 2. The number of nitrogens with two attached hydrogens (primary N) is 2. The summed E-state index contributed by atoms with van der Waals surface area (Å²) in [4.78, 5) is 13.9. The number of hydrogen-bond acceptors (Lipinski definition) is 4. The maximum Gasteiger partial charge on any atom is 0.254 e. The first-order valence-electron chi connectivity index (χ1n) is 6.75. The molecular weight excluding hydrogens is 242 g/mol. The van der Waals surface area contributed by atoms with Crippen LogP contribution in [0.25, 0.3) is 0 Å². The fourth-order valence-corrected chi connectivity index (χ4v) is 3.02. The summed E-state index contributed by atoms with van der Waals surface area (Å²) in [5.74, 6) is 1.05. The van der Waals surface area contributed by atoms with Crippen molar-refractivity contribution in [1.82, 2.24) is 9.78 Å². The number of hydrogen-bond donors (Lipinski definition) is 2. The fraction of sp³-hybridized carbons (Fsp3) is 0.692. The van der Waals surface area contributed by atoms with Gasteiger partial charge in [0.1, 0.15) is 11.4 Å². The molecule has 1 amide bonds. The van der Waals surface area contributed by atoms with Gasteiger partial charge in [-0.1, -0.05) is 6.92 Å². The van der Waals surface area contributed by atoms with Crippen molar-refractivity contribution in [2.45, 2.75) is 32.7 Å². The molecule has 1 aromatic rings. The molecule has 6 nitrogen and oxygen atoms in total. The van der Waals surface area contributed by atoms with Gasteiger partial charge in [0.2, 0.25) is 0 Å². The third-order valence-electron chi connectivity index (χ3n) is 3.96. The van der Waals surface area contributed by atoms with Crippen LogP contribution in [0.2, 0.25) is 0 Å². The van der Waals surface area contributed by atoms with Crippen molar-refractivity contribution in [3.05, 3.63) is 11.3 Å². The molecule has 0 spiro atoms. The van der Waals surface area contributed by atoms with E-state index in [1.54, 1.807) is 4.68 Å². The first kappa shape index (κ1) is 13.9. The van der Waals surface area contributed by atoms with Crippen LogP contribution in [-0.4, -0.2) is 34.8 Å². The summed E-state index contributed by atoms with van der Waals surface area (Å²) in [6.07, 6.45) is 2.14. The van der Waals surface area contributed by atoms with Crippen LogP contribution < -0.4 is 16.4 Å². The van der Waals surface area contributed by atoms with Gasteiger partial charge >= 0.3 is 0 Å². The number of rotatable bonds is 3. The van der Waals surface area contributed by atoms with E-state index in [1.807, 2.05) is 14.0 Å². The Kier molecular flexibility index (Phi) is 3.80. The van der Waals surface area contributed by atoms with E-state index in [0.29, 0.717) is 23.7 Å². The maximum atomic E-state index is 11.7. The topological polar surface area (TPSA) is 90.2 Å². The molecule has 1 aliphatic heterocycles. The highest BCUT2D eigenvalue weighted by Crippen LogP contribution is 2.30. The van der Waals surface area contributed by atoms with Gasteiger partial charge in [0.15, 0.2) is 0 Å². The van der Waals surface area contributed by atoms with Crippen LogP contribution in [0, 0.1) is 12.8 Å². The molecule has 1 aliphatic rings. The smallest absolute Gasteiger partial charge is 0.254 e. The number of anilines is 1. The summed E-state index contributed by atoms with van der Waals surface area (Å²) >= 11 is 0. The Bertz CT molecular complexity index is 482. The first-order chi connectivity index (χ1) is 8.95.